The molecule has 1 aromatic carbocycles. The molecule has 0 radical (unpaired) electrons. The fourth-order valence-corrected chi connectivity index (χ4v) is 3.28. The van der Waals surface area contributed by atoms with Crippen LogP contribution < -0.4 is 0 Å². The first-order valence-corrected chi connectivity index (χ1v) is 6.91. The average molecular weight is 250 g/mol. The Labute approximate surface area is 109 Å². The van der Waals surface area contributed by atoms with E-state index in [-0.39, 0.29) is 17.3 Å². The molecule has 2 rings (SSSR count). The van der Waals surface area contributed by atoms with Crippen molar-refractivity contribution >= 4 is 0 Å². The van der Waals surface area contributed by atoms with Gasteiger partial charge < -0.3 is 5.11 Å². The summed E-state index contributed by atoms with van der Waals surface area (Å²) in [6.45, 7) is 4.48. The van der Waals surface area contributed by atoms with Crippen molar-refractivity contribution in [3.05, 3.63) is 35.6 Å². The van der Waals surface area contributed by atoms with Crippen LogP contribution in [-0.2, 0) is 6.42 Å². The second-order valence-electron chi connectivity index (χ2n) is 6.24. The number of halogens is 1. The van der Waals surface area contributed by atoms with Crippen molar-refractivity contribution in [1.29, 1.82) is 0 Å². The largest absolute Gasteiger partial charge is 0.392 e. The Kier molecular flexibility index (Phi) is 4.06. The van der Waals surface area contributed by atoms with Gasteiger partial charge in [-0.05, 0) is 48.3 Å². The van der Waals surface area contributed by atoms with Crippen molar-refractivity contribution in [1.82, 2.24) is 0 Å². The lowest BCUT2D eigenvalue weighted by Gasteiger charge is -2.41. The van der Waals surface area contributed by atoms with Gasteiger partial charge in [0.2, 0.25) is 0 Å². The van der Waals surface area contributed by atoms with E-state index in [0.717, 1.165) is 12.0 Å². The molecule has 1 fully saturated rings. The molecule has 0 aromatic heterocycles. The minimum Gasteiger partial charge on any atom is -0.392 e. The van der Waals surface area contributed by atoms with Crippen LogP contribution in [0.4, 0.5) is 4.39 Å². The third-order valence-electron chi connectivity index (χ3n) is 4.39. The first-order valence-electron chi connectivity index (χ1n) is 6.91. The van der Waals surface area contributed by atoms with Crippen molar-refractivity contribution in [2.24, 2.45) is 11.3 Å². The zero-order valence-electron chi connectivity index (χ0n) is 11.3. The molecule has 0 bridgehead atoms. The van der Waals surface area contributed by atoms with Gasteiger partial charge in [0.05, 0.1) is 6.10 Å². The molecule has 2 unspecified atom stereocenters. The number of rotatable bonds is 3. The van der Waals surface area contributed by atoms with E-state index in [1.165, 1.54) is 31.4 Å². The smallest absolute Gasteiger partial charge is 0.123 e. The summed E-state index contributed by atoms with van der Waals surface area (Å²) in [5.74, 6) is 0.108. The Morgan fingerprint density at radius 1 is 1.39 bits per heavy atom. The van der Waals surface area contributed by atoms with Gasteiger partial charge in [-0.2, -0.15) is 0 Å². The maximum Gasteiger partial charge on any atom is 0.123 e. The van der Waals surface area contributed by atoms with E-state index in [9.17, 15) is 9.50 Å². The van der Waals surface area contributed by atoms with Crippen molar-refractivity contribution < 1.29 is 9.50 Å². The third kappa shape index (κ3) is 3.11. The molecular weight excluding hydrogens is 227 g/mol. The second-order valence-corrected chi connectivity index (χ2v) is 6.24. The van der Waals surface area contributed by atoms with Gasteiger partial charge >= 0.3 is 0 Å². The minimum atomic E-state index is -0.359. The number of aliphatic hydroxyl groups is 1. The van der Waals surface area contributed by atoms with E-state index in [2.05, 4.69) is 13.8 Å². The second kappa shape index (κ2) is 5.40. The predicted octanol–water partition coefficient (Wildman–Crippen LogP) is 3.95. The van der Waals surface area contributed by atoms with Crippen molar-refractivity contribution in [3.8, 4) is 0 Å². The van der Waals surface area contributed by atoms with Crippen LogP contribution in [0, 0.1) is 17.2 Å². The molecule has 1 aromatic rings. The summed E-state index contributed by atoms with van der Waals surface area (Å²) in [5, 5.41) is 10.4. The molecule has 1 aliphatic rings. The number of hydrogen-bond acceptors (Lipinski definition) is 1. The molecule has 0 heterocycles. The molecule has 0 amide bonds. The summed E-state index contributed by atoms with van der Waals surface area (Å²) in [6, 6.07) is 6.57. The van der Waals surface area contributed by atoms with Gasteiger partial charge in [-0.15, -0.1) is 0 Å². The molecule has 1 nitrogen and oxygen atoms in total. The van der Waals surface area contributed by atoms with Crippen molar-refractivity contribution in [2.75, 3.05) is 0 Å². The van der Waals surface area contributed by atoms with Crippen LogP contribution in [0.5, 0.6) is 0 Å². The van der Waals surface area contributed by atoms with Crippen LogP contribution in [-0.4, -0.2) is 11.2 Å². The Bertz CT molecular complexity index is 400. The van der Waals surface area contributed by atoms with Crippen LogP contribution in [0.3, 0.4) is 0 Å². The van der Waals surface area contributed by atoms with Crippen LogP contribution in [0.15, 0.2) is 24.3 Å². The normalized spacial score (nSPS) is 24.8. The number of aliphatic hydroxyl groups excluding tert-OH is 1. The molecule has 1 N–H and O–H groups in total. The first-order chi connectivity index (χ1) is 8.49. The lowest BCUT2D eigenvalue weighted by atomic mass is 9.66. The SMILES string of the molecule is CC1(C)CCCCC1C(O)Cc1cccc(F)c1. The highest BCUT2D eigenvalue weighted by Crippen LogP contribution is 2.42. The van der Waals surface area contributed by atoms with E-state index in [4.69, 9.17) is 0 Å². The topological polar surface area (TPSA) is 20.2 Å². The molecule has 1 saturated carbocycles. The Morgan fingerprint density at radius 3 is 2.83 bits per heavy atom. The summed E-state index contributed by atoms with van der Waals surface area (Å²) >= 11 is 0. The fraction of sp³-hybridized carbons (Fsp3) is 0.625. The molecular formula is C16H23FO. The van der Waals surface area contributed by atoms with Gasteiger partial charge in [-0.3, -0.25) is 0 Å². The highest BCUT2D eigenvalue weighted by Gasteiger charge is 2.36. The van der Waals surface area contributed by atoms with Crippen molar-refractivity contribution in [2.45, 2.75) is 52.1 Å². The lowest BCUT2D eigenvalue weighted by molar-refractivity contribution is 0.00578. The lowest BCUT2D eigenvalue weighted by Crippen LogP contribution is -2.37. The summed E-state index contributed by atoms with van der Waals surface area (Å²) in [5.41, 5.74) is 1.09. The van der Waals surface area contributed by atoms with Gasteiger partial charge in [-0.25, -0.2) is 4.39 Å². The zero-order valence-corrected chi connectivity index (χ0v) is 11.3. The average Bonchev–Trinajstić information content (AvgIpc) is 2.28. The number of hydrogen-bond donors (Lipinski definition) is 1. The molecule has 100 valence electrons. The van der Waals surface area contributed by atoms with E-state index >= 15 is 0 Å². The van der Waals surface area contributed by atoms with E-state index in [1.807, 2.05) is 6.07 Å². The highest BCUT2D eigenvalue weighted by molar-refractivity contribution is 5.17. The first kappa shape index (κ1) is 13.5. The van der Waals surface area contributed by atoms with Gasteiger partial charge in [0.25, 0.3) is 0 Å². The van der Waals surface area contributed by atoms with E-state index in [1.54, 1.807) is 6.07 Å². The molecule has 1 aliphatic carbocycles. The third-order valence-corrected chi connectivity index (χ3v) is 4.39. The monoisotopic (exact) mass is 250 g/mol. The predicted molar refractivity (Wildman–Crippen MR) is 71.8 cm³/mol. The van der Waals surface area contributed by atoms with Gasteiger partial charge in [0, 0.05) is 0 Å². The summed E-state index contributed by atoms with van der Waals surface area (Å²) in [7, 11) is 0. The maximum atomic E-state index is 13.1. The fourth-order valence-electron chi connectivity index (χ4n) is 3.28. The zero-order chi connectivity index (χ0) is 13.2. The maximum absolute atomic E-state index is 13.1. The van der Waals surface area contributed by atoms with E-state index < -0.39 is 0 Å². The minimum absolute atomic E-state index is 0.199. The Hall–Kier alpha value is -0.890. The van der Waals surface area contributed by atoms with Crippen LogP contribution in [0.2, 0.25) is 0 Å². The van der Waals surface area contributed by atoms with Gasteiger partial charge in [0.15, 0.2) is 0 Å². The summed E-state index contributed by atoms with van der Waals surface area (Å²) in [6.07, 6.45) is 4.93. The molecule has 2 heteroatoms. The molecule has 0 spiro atoms. The Balaban J connectivity index is 2.05. The van der Waals surface area contributed by atoms with Crippen molar-refractivity contribution in [3.63, 3.8) is 0 Å². The standard InChI is InChI=1S/C16H23FO/c1-16(2)9-4-3-8-14(16)15(18)11-12-6-5-7-13(17)10-12/h5-7,10,14-15,18H,3-4,8-9,11H2,1-2H3. The number of benzene rings is 1. The summed E-state index contributed by atoms with van der Waals surface area (Å²) < 4.78 is 13.1. The van der Waals surface area contributed by atoms with Gasteiger partial charge in [0.1, 0.15) is 5.82 Å². The Morgan fingerprint density at radius 2 is 2.17 bits per heavy atom. The van der Waals surface area contributed by atoms with E-state index in [0.29, 0.717) is 12.3 Å². The van der Waals surface area contributed by atoms with Crippen LogP contribution in [0.25, 0.3) is 0 Å². The van der Waals surface area contributed by atoms with Gasteiger partial charge in [-0.1, -0.05) is 38.8 Å². The molecule has 0 aliphatic heterocycles. The highest BCUT2D eigenvalue weighted by atomic mass is 19.1. The molecule has 2 atom stereocenters. The quantitative estimate of drug-likeness (QED) is 0.861. The van der Waals surface area contributed by atoms with Crippen LogP contribution in [0.1, 0.15) is 45.1 Å². The summed E-state index contributed by atoms with van der Waals surface area (Å²) in [4.78, 5) is 0. The molecule has 0 saturated heterocycles. The molecule has 18 heavy (non-hydrogen) atoms. The van der Waals surface area contributed by atoms with Crippen LogP contribution >= 0.6 is 0 Å².